The first-order valence-corrected chi connectivity index (χ1v) is 5.38. The molecule has 1 N–H and O–H groups in total. The van der Waals surface area contributed by atoms with Crippen LogP contribution in [0.5, 0.6) is 0 Å². The highest BCUT2D eigenvalue weighted by molar-refractivity contribution is 5.82. The Hall–Kier alpha value is -2.17. The van der Waals surface area contributed by atoms with Crippen molar-refractivity contribution in [2.45, 2.75) is 19.4 Å². The molecule has 0 aliphatic carbocycles. The fraction of sp³-hybridized carbons (Fsp3) is 0.250. The molecule has 0 aliphatic heterocycles. The van der Waals surface area contributed by atoms with Crippen molar-refractivity contribution in [3.05, 3.63) is 48.5 Å². The number of oxime groups is 1. The second kappa shape index (κ2) is 5.25. The van der Waals surface area contributed by atoms with Gasteiger partial charge in [-0.3, -0.25) is 0 Å². The minimum atomic E-state index is 0.00889. The summed E-state index contributed by atoms with van der Waals surface area (Å²) in [5.74, 6) is 0. The van der Waals surface area contributed by atoms with Crippen molar-refractivity contribution < 1.29 is 5.21 Å². The van der Waals surface area contributed by atoms with Crippen LogP contribution in [0.4, 0.5) is 0 Å². The number of benzene rings is 1. The van der Waals surface area contributed by atoms with E-state index in [4.69, 9.17) is 5.21 Å². The summed E-state index contributed by atoms with van der Waals surface area (Å²) < 4.78 is 1.77. The lowest BCUT2D eigenvalue weighted by Crippen LogP contribution is -2.14. The summed E-state index contributed by atoms with van der Waals surface area (Å²) in [5, 5.41) is 16.1. The Balaban J connectivity index is 2.31. The van der Waals surface area contributed by atoms with E-state index in [1.807, 2.05) is 30.3 Å². The molecule has 1 aromatic carbocycles. The summed E-state index contributed by atoms with van der Waals surface area (Å²) in [6, 6.07) is 9.98. The largest absolute Gasteiger partial charge is 0.411 e. The highest BCUT2D eigenvalue weighted by Crippen LogP contribution is 2.21. The van der Waals surface area contributed by atoms with E-state index >= 15 is 0 Å². The predicted octanol–water partition coefficient (Wildman–Crippen LogP) is 2.11. The Morgan fingerprint density at radius 2 is 2.18 bits per heavy atom. The van der Waals surface area contributed by atoms with Crippen LogP contribution < -0.4 is 0 Å². The average molecular weight is 230 g/mol. The molecular formula is C12H14N4O. The molecule has 5 nitrogen and oxygen atoms in total. The molecular weight excluding hydrogens is 216 g/mol. The normalized spacial score (nSPS) is 13.6. The van der Waals surface area contributed by atoms with Crippen molar-refractivity contribution in [2.24, 2.45) is 5.16 Å². The average Bonchev–Trinajstić information content (AvgIpc) is 2.90. The van der Waals surface area contributed by atoms with Gasteiger partial charge in [-0.05, 0) is 12.5 Å². The highest BCUT2D eigenvalue weighted by Gasteiger charge is 2.15. The van der Waals surface area contributed by atoms with E-state index in [2.05, 4.69) is 15.2 Å². The van der Waals surface area contributed by atoms with Crippen LogP contribution in [0.15, 0.2) is 48.1 Å². The first-order chi connectivity index (χ1) is 8.31. The molecule has 17 heavy (non-hydrogen) atoms. The third-order valence-electron chi connectivity index (χ3n) is 2.60. The lowest BCUT2D eigenvalue weighted by Gasteiger charge is -2.16. The van der Waals surface area contributed by atoms with Crippen LogP contribution in [-0.2, 0) is 0 Å². The van der Waals surface area contributed by atoms with Gasteiger partial charge in [0.25, 0.3) is 0 Å². The zero-order valence-electron chi connectivity index (χ0n) is 9.56. The van der Waals surface area contributed by atoms with Crippen LogP contribution in [0.25, 0.3) is 0 Å². The number of aromatic nitrogens is 3. The lowest BCUT2D eigenvalue weighted by atomic mass is 10.0. The van der Waals surface area contributed by atoms with Gasteiger partial charge in [0.2, 0.25) is 0 Å². The van der Waals surface area contributed by atoms with Crippen LogP contribution >= 0.6 is 0 Å². The maximum Gasteiger partial charge on any atom is 0.137 e. The summed E-state index contributed by atoms with van der Waals surface area (Å²) in [6.07, 6.45) is 3.77. The number of hydrogen-bond acceptors (Lipinski definition) is 4. The Morgan fingerprint density at radius 3 is 2.76 bits per heavy atom. The first kappa shape index (κ1) is 11.3. The molecule has 0 spiro atoms. The van der Waals surface area contributed by atoms with Crippen LogP contribution in [0.2, 0.25) is 0 Å². The first-order valence-electron chi connectivity index (χ1n) is 5.38. The van der Waals surface area contributed by atoms with Crippen LogP contribution in [0.1, 0.15) is 24.9 Å². The SMILES string of the molecule is C/C(C[C@H](c1ccccc1)n1cncn1)=N/O. The van der Waals surface area contributed by atoms with Crippen LogP contribution in [0.3, 0.4) is 0 Å². The number of nitrogens with zero attached hydrogens (tertiary/aromatic N) is 4. The molecule has 1 aromatic heterocycles. The van der Waals surface area contributed by atoms with E-state index in [0.717, 1.165) is 5.56 Å². The van der Waals surface area contributed by atoms with Crippen LogP contribution in [-0.4, -0.2) is 25.7 Å². The molecule has 1 heterocycles. The fourth-order valence-electron chi connectivity index (χ4n) is 1.74. The van der Waals surface area contributed by atoms with Gasteiger partial charge in [-0.25, -0.2) is 9.67 Å². The van der Waals surface area contributed by atoms with E-state index in [1.165, 1.54) is 6.33 Å². The van der Waals surface area contributed by atoms with Gasteiger partial charge in [-0.2, -0.15) is 5.10 Å². The second-order valence-electron chi connectivity index (χ2n) is 3.84. The molecule has 0 saturated heterocycles. The second-order valence-corrected chi connectivity index (χ2v) is 3.84. The maximum atomic E-state index is 8.77. The van der Waals surface area contributed by atoms with Gasteiger partial charge in [0.1, 0.15) is 12.7 Å². The molecule has 5 heteroatoms. The third kappa shape index (κ3) is 2.69. The Bertz CT molecular complexity index is 478. The Labute approximate surface area is 99.4 Å². The number of hydrogen-bond donors (Lipinski definition) is 1. The van der Waals surface area contributed by atoms with Crippen molar-refractivity contribution in [3.63, 3.8) is 0 Å². The zero-order valence-corrected chi connectivity index (χ0v) is 9.56. The van der Waals surface area contributed by atoms with E-state index in [1.54, 1.807) is 17.9 Å². The van der Waals surface area contributed by atoms with Crippen molar-refractivity contribution in [2.75, 3.05) is 0 Å². The third-order valence-corrected chi connectivity index (χ3v) is 2.60. The lowest BCUT2D eigenvalue weighted by molar-refractivity contribution is 0.316. The molecule has 0 radical (unpaired) electrons. The summed E-state index contributed by atoms with van der Waals surface area (Å²) in [4.78, 5) is 3.95. The molecule has 0 fully saturated rings. The maximum absolute atomic E-state index is 8.77. The van der Waals surface area contributed by atoms with E-state index in [0.29, 0.717) is 12.1 Å². The molecule has 1 atom stereocenters. The van der Waals surface area contributed by atoms with Gasteiger partial charge >= 0.3 is 0 Å². The smallest absolute Gasteiger partial charge is 0.137 e. The van der Waals surface area contributed by atoms with Gasteiger partial charge in [-0.15, -0.1) is 0 Å². The molecule has 0 bridgehead atoms. The Kier molecular flexibility index (Phi) is 3.49. The van der Waals surface area contributed by atoms with Gasteiger partial charge < -0.3 is 5.21 Å². The van der Waals surface area contributed by atoms with Crippen molar-refractivity contribution in [1.29, 1.82) is 0 Å². The summed E-state index contributed by atoms with van der Waals surface area (Å²) in [6.45, 7) is 1.78. The van der Waals surface area contributed by atoms with Gasteiger partial charge in [-0.1, -0.05) is 35.5 Å². The summed E-state index contributed by atoms with van der Waals surface area (Å²) in [7, 11) is 0. The van der Waals surface area contributed by atoms with Gasteiger partial charge in [0.05, 0.1) is 11.8 Å². The minimum absolute atomic E-state index is 0.00889. The molecule has 0 aliphatic rings. The van der Waals surface area contributed by atoms with Gasteiger partial charge in [0.15, 0.2) is 0 Å². The zero-order chi connectivity index (χ0) is 12.1. The van der Waals surface area contributed by atoms with E-state index in [9.17, 15) is 0 Å². The minimum Gasteiger partial charge on any atom is -0.411 e. The van der Waals surface area contributed by atoms with Crippen molar-refractivity contribution in [3.8, 4) is 0 Å². The van der Waals surface area contributed by atoms with Crippen molar-refractivity contribution in [1.82, 2.24) is 14.8 Å². The molecule has 0 amide bonds. The standard InChI is InChI=1S/C12H14N4O/c1-10(15-17)7-12(16-9-13-8-14-16)11-5-3-2-4-6-11/h2-6,8-9,12,17H,7H2,1H3/b15-10-/t12-/m1/s1. The molecule has 2 aromatic rings. The summed E-state index contributed by atoms with van der Waals surface area (Å²) >= 11 is 0. The topological polar surface area (TPSA) is 63.3 Å². The highest BCUT2D eigenvalue weighted by atomic mass is 16.4. The predicted molar refractivity (Wildman–Crippen MR) is 64.1 cm³/mol. The molecule has 2 rings (SSSR count). The van der Waals surface area contributed by atoms with Gasteiger partial charge in [0, 0.05) is 6.42 Å². The summed E-state index contributed by atoms with van der Waals surface area (Å²) in [5.41, 5.74) is 1.77. The van der Waals surface area contributed by atoms with Crippen LogP contribution in [0, 0.1) is 0 Å². The molecule has 0 unspecified atom stereocenters. The Morgan fingerprint density at radius 1 is 1.41 bits per heavy atom. The van der Waals surface area contributed by atoms with E-state index < -0.39 is 0 Å². The molecule has 88 valence electrons. The van der Waals surface area contributed by atoms with Crippen molar-refractivity contribution >= 4 is 5.71 Å². The molecule has 0 saturated carbocycles. The number of rotatable bonds is 4. The van der Waals surface area contributed by atoms with E-state index in [-0.39, 0.29) is 6.04 Å². The fourth-order valence-corrected chi connectivity index (χ4v) is 1.74. The monoisotopic (exact) mass is 230 g/mol. The quantitative estimate of drug-likeness (QED) is 0.497.